The fourth-order valence-corrected chi connectivity index (χ4v) is 2.15. The number of nitrogens with zero attached hydrogens (tertiary/aromatic N) is 3. The first-order chi connectivity index (χ1) is 10.5. The quantitative estimate of drug-likeness (QED) is 0.597. The number of aryl methyl sites for hydroxylation is 1. The molecule has 0 aliphatic carbocycles. The van der Waals surface area contributed by atoms with Gasteiger partial charge in [-0.2, -0.15) is 0 Å². The number of anilines is 2. The lowest BCUT2D eigenvalue weighted by molar-refractivity contribution is 0.551. The van der Waals surface area contributed by atoms with Gasteiger partial charge in [0.05, 0.1) is 6.34 Å². The number of hydrogen-bond donors (Lipinski definition) is 0. The van der Waals surface area contributed by atoms with Crippen LogP contribution < -0.4 is 4.90 Å². The van der Waals surface area contributed by atoms with Gasteiger partial charge in [0.2, 0.25) is 0 Å². The van der Waals surface area contributed by atoms with Crippen molar-refractivity contribution in [3.63, 3.8) is 0 Å². The smallest absolute Gasteiger partial charge is 0.150 e. The highest BCUT2D eigenvalue weighted by molar-refractivity contribution is 5.70. The van der Waals surface area contributed by atoms with Crippen LogP contribution in [0.15, 0.2) is 47.5 Å². The SMILES string of the molecule is CCN(C)C=Nc1cc(C)c(N(C)c2ccccc2)cc1F. The number of aliphatic imine (C=N–C) groups is 1. The van der Waals surface area contributed by atoms with E-state index in [1.54, 1.807) is 18.5 Å². The standard InChI is InChI=1S/C18H22FN3/c1-5-21(3)13-20-17-11-14(2)18(12-16(17)19)22(4)15-9-7-6-8-10-15/h6-13H,5H2,1-4H3. The van der Waals surface area contributed by atoms with E-state index in [0.29, 0.717) is 5.69 Å². The normalized spacial score (nSPS) is 11.0. The second-order valence-electron chi connectivity index (χ2n) is 5.30. The Labute approximate surface area is 131 Å². The summed E-state index contributed by atoms with van der Waals surface area (Å²) in [6.07, 6.45) is 1.65. The van der Waals surface area contributed by atoms with Gasteiger partial charge in [-0.3, -0.25) is 0 Å². The van der Waals surface area contributed by atoms with Crippen LogP contribution in [-0.4, -0.2) is 31.9 Å². The summed E-state index contributed by atoms with van der Waals surface area (Å²) in [5.74, 6) is -0.316. The molecule has 0 aliphatic rings. The van der Waals surface area contributed by atoms with Crippen molar-refractivity contribution in [1.82, 2.24) is 4.90 Å². The minimum atomic E-state index is -0.316. The molecule has 2 aromatic rings. The van der Waals surface area contributed by atoms with E-state index in [0.717, 1.165) is 23.5 Å². The summed E-state index contributed by atoms with van der Waals surface area (Å²) in [6, 6.07) is 13.2. The van der Waals surface area contributed by atoms with E-state index in [4.69, 9.17) is 0 Å². The highest BCUT2D eigenvalue weighted by Crippen LogP contribution is 2.31. The molecule has 0 heterocycles. The predicted molar refractivity (Wildman–Crippen MR) is 92.1 cm³/mol. The molecule has 0 N–H and O–H groups in total. The van der Waals surface area contributed by atoms with Crippen LogP contribution in [0.25, 0.3) is 0 Å². The van der Waals surface area contributed by atoms with Crippen molar-refractivity contribution in [1.29, 1.82) is 0 Å². The average Bonchev–Trinajstić information content (AvgIpc) is 2.55. The highest BCUT2D eigenvalue weighted by atomic mass is 19.1. The van der Waals surface area contributed by atoms with Crippen molar-refractivity contribution in [2.75, 3.05) is 25.5 Å². The Bertz CT molecular complexity index is 653. The molecule has 0 aliphatic heterocycles. The summed E-state index contributed by atoms with van der Waals surface area (Å²) in [4.78, 5) is 8.10. The fourth-order valence-electron chi connectivity index (χ4n) is 2.15. The maximum atomic E-state index is 14.3. The molecular formula is C18H22FN3. The van der Waals surface area contributed by atoms with Gasteiger partial charge in [-0.15, -0.1) is 0 Å². The number of hydrogen-bond acceptors (Lipinski definition) is 2. The van der Waals surface area contributed by atoms with Gasteiger partial charge in [-0.05, 0) is 37.6 Å². The van der Waals surface area contributed by atoms with Crippen LogP contribution in [-0.2, 0) is 0 Å². The lowest BCUT2D eigenvalue weighted by Crippen LogP contribution is -2.14. The molecule has 3 nitrogen and oxygen atoms in total. The summed E-state index contributed by atoms with van der Waals surface area (Å²) in [7, 11) is 3.84. The lowest BCUT2D eigenvalue weighted by atomic mass is 10.1. The molecule has 4 heteroatoms. The van der Waals surface area contributed by atoms with Crippen LogP contribution >= 0.6 is 0 Å². The zero-order valence-corrected chi connectivity index (χ0v) is 13.5. The number of rotatable bonds is 5. The molecule has 0 bridgehead atoms. The van der Waals surface area contributed by atoms with Gasteiger partial charge in [-0.1, -0.05) is 18.2 Å². The molecule has 2 rings (SSSR count). The maximum Gasteiger partial charge on any atom is 0.150 e. The molecule has 0 spiro atoms. The first kappa shape index (κ1) is 16.0. The number of benzene rings is 2. The Morgan fingerprint density at radius 2 is 1.82 bits per heavy atom. The fraction of sp³-hybridized carbons (Fsp3) is 0.278. The summed E-state index contributed by atoms with van der Waals surface area (Å²) < 4.78 is 14.3. The van der Waals surface area contributed by atoms with E-state index < -0.39 is 0 Å². The topological polar surface area (TPSA) is 18.8 Å². The minimum absolute atomic E-state index is 0.316. The van der Waals surface area contributed by atoms with Gasteiger partial charge in [0.1, 0.15) is 5.69 Å². The molecule has 0 radical (unpaired) electrons. The van der Waals surface area contributed by atoms with Crippen LogP contribution in [0, 0.1) is 12.7 Å². The van der Waals surface area contributed by atoms with Gasteiger partial charge in [0.25, 0.3) is 0 Å². The Balaban J connectivity index is 2.32. The molecule has 0 atom stereocenters. The Hall–Kier alpha value is -2.36. The molecule has 116 valence electrons. The third-order valence-electron chi connectivity index (χ3n) is 3.66. The van der Waals surface area contributed by atoms with Gasteiger partial charge in [0, 0.05) is 38.1 Å². The lowest BCUT2D eigenvalue weighted by Gasteiger charge is -2.22. The Morgan fingerprint density at radius 3 is 2.45 bits per heavy atom. The van der Waals surface area contributed by atoms with Crippen LogP contribution in [0.3, 0.4) is 0 Å². The largest absolute Gasteiger partial charge is 0.366 e. The van der Waals surface area contributed by atoms with E-state index in [-0.39, 0.29) is 5.82 Å². The van der Waals surface area contributed by atoms with Crippen molar-refractivity contribution in [2.45, 2.75) is 13.8 Å². The van der Waals surface area contributed by atoms with Gasteiger partial charge < -0.3 is 9.80 Å². The first-order valence-corrected chi connectivity index (χ1v) is 7.36. The summed E-state index contributed by atoms with van der Waals surface area (Å²) in [5.41, 5.74) is 3.21. The molecule has 0 aromatic heterocycles. The van der Waals surface area contributed by atoms with E-state index in [1.807, 2.05) is 68.1 Å². The minimum Gasteiger partial charge on any atom is -0.366 e. The van der Waals surface area contributed by atoms with Gasteiger partial charge >= 0.3 is 0 Å². The average molecular weight is 299 g/mol. The monoisotopic (exact) mass is 299 g/mol. The molecule has 0 amide bonds. The number of para-hydroxylation sites is 1. The van der Waals surface area contributed by atoms with Crippen molar-refractivity contribution >= 4 is 23.4 Å². The van der Waals surface area contributed by atoms with Gasteiger partial charge in [-0.25, -0.2) is 9.38 Å². The Kier molecular flexibility index (Phi) is 5.15. The van der Waals surface area contributed by atoms with Crippen LogP contribution in [0.2, 0.25) is 0 Å². The van der Waals surface area contributed by atoms with E-state index in [2.05, 4.69) is 4.99 Å². The van der Waals surface area contributed by atoms with Crippen LogP contribution in [0.5, 0.6) is 0 Å². The van der Waals surface area contributed by atoms with E-state index in [1.165, 1.54) is 0 Å². The zero-order chi connectivity index (χ0) is 16.1. The van der Waals surface area contributed by atoms with Crippen LogP contribution in [0.1, 0.15) is 12.5 Å². The van der Waals surface area contributed by atoms with Gasteiger partial charge in [0.15, 0.2) is 5.82 Å². The molecule has 0 saturated heterocycles. The highest BCUT2D eigenvalue weighted by Gasteiger charge is 2.11. The van der Waals surface area contributed by atoms with Crippen molar-refractivity contribution in [3.8, 4) is 0 Å². The van der Waals surface area contributed by atoms with Crippen molar-refractivity contribution in [2.24, 2.45) is 4.99 Å². The molecular weight excluding hydrogens is 277 g/mol. The molecule has 22 heavy (non-hydrogen) atoms. The summed E-state index contributed by atoms with van der Waals surface area (Å²) in [5, 5.41) is 0. The van der Waals surface area contributed by atoms with E-state index in [9.17, 15) is 4.39 Å². The summed E-state index contributed by atoms with van der Waals surface area (Å²) >= 11 is 0. The summed E-state index contributed by atoms with van der Waals surface area (Å²) in [6.45, 7) is 4.82. The maximum absolute atomic E-state index is 14.3. The molecule has 0 unspecified atom stereocenters. The molecule has 2 aromatic carbocycles. The molecule has 0 fully saturated rings. The first-order valence-electron chi connectivity index (χ1n) is 7.36. The predicted octanol–water partition coefficient (Wildman–Crippen LogP) is 4.51. The zero-order valence-electron chi connectivity index (χ0n) is 13.5. The van der Waals surface area contributed by atoms with E-state index >= 15 is 0 Å². The third kappa shape index (κ3) is 3.64. The van der Waals surface area contributed by atoms with Crippen molar-refractivity contribution in [3.05, 3.63) is 53.8 Å². The Morgan fingerprint density at radius 1 is 1.14 bits per heavy atom. The third-order valence-corrected chi connectivity index (χ3v) is 3.66. The van der Waals surface area contributed by atoms with Crippen LogP contribution in [0.4, 0.5) is 21.5 Å². The number of halogens is 1. The molecule has 0 saturated carbocycles. The van der Waals surface area contributed by atoms with Crippen molar-refractivity contribution < 1.29 is 4.39 Å². The second kappa shape index (κ2) is 7.07. The second-order valence-corrected chi connectivity index (χ2v) is 5.30.